The number of rotatable bonds is 9. The van der Waals surface area contributed by atoms with Gasteiger partial charge < -0.3 is 25.0 Å². The topological polar surface area (TPSA) is 62.8 Å². The van der Waals surface area contributed by atoms with E-state index in [0.29, 0.717) is 6.04 Å². The van der Waals surface area contributed by atoms with E-state index in [2.05, 4.69) is 70.1 Å². The molecule has 2 aliphatic rings. The number of piperidine rings is 1. The van der Waals surface area contributed by atoms with Crippen LogP contribution in [0.25, 0.3) is 0 Å². The number of fused-ring (bicyclic) bond motifs is 1. The van der Waals surface area contributed by atoms with Crippen molar-refractivity contribution < 1.29 is 14.3 Å². The van der Waals surface area contributed by atoms with Crippen molar-refractivity contribution in [3.63, 3.8) is 0 Å². The van der Waals surface area contributed by atoms with Crippen LogP contribution in [0.5, 0.6) is 11.5 Å². The fraction of sp³-hybridized carbons (Fsp3) is 0.406. The zero-order chi connectivity index (χ0) is 26.3. The Kier molecular flexibility index (Phi) is 8.49. The Morgan fingerprint density at radius 3 is 2.53 bits per heavy atom. The van der Waals surface area contributed by atoms with Gasteiger partial charge >= 0.3 is 0 Å². The Morgan fingerprint density at radius 2 is 1.82 bits per heavy atom. The number of carbonyl (C=O) groups is 1. The van der Waals surface area contributed by atoms with Crippen molar-refractivity contribution in [3.8, 4) is 11.5 Å². The van der Waals surface area contributed by atoms with Crippen LogP contribution >= 0.6 is 0 Å². The Labute approximate surface area is 226 Å². The maximum atomic E-state index is 11.5. The lowest BCUT2D eigenvalue weighted by molar-refractivity contribution is -0.114. The van der Waals surface area contributed by atoms with Gasteiger partial charge in [-0.05, 0) is 104 Å². The van der Waals surface area contributed by atoms with Crippen LogP contribution in [0.3, 0.4) is 0 Å². The van der Waals surface area contributed by atoms with E-state index in [4.69, 9.17) is 9.47 Å². The summed E-state index contributed by atoms with van der Waals surface area (Å²) >= 11 is 0. The largest absolute Gasteiger partial charge is 0.497 e. The molecule has 2 atom stereocenters. The predicted octanol–water partition coefficient (Wildman–Crippen LogP) is 5.91. The quantitative estimate of drug-likeness (QED) is 0.372. The van der Waals surface area contributed by atoms with Crippen molar-refractivity contribution in [2.75, 3.05) is 37.0 Å². The lowest BCUT2D eigenvalue weighted by atomic mass is 9.88. The fourth-order valence-electron chi connectivity index (χ4n) is 5.72. The van der Waals surface area contributed by atoms with Gasteiger partial charge in [-0.3, -0.25) is 4.79 Å². The lowest BCUT2D eigenvalue weighted by Gasteiger charge is -2.39. The minimum Gasteiger partial charge on any atom is -0.497 e. The van der Waals surface area contributed by atoms with Gasteiger partial charge in [0.25, 0.3) is 0 Å². The molecule has 0 spiro atoms. The molecule has 0 radical (unpaired) electrons. The van der Waals surface area contributed by atoms with Gasteiger partial charge in [-0.2, -0.15) is 0 Å². The maximum absolute atomic E-state index is 11.5. The van der Waals surface area contributed by atoms with Crippen molar-refractivity contribution in [3.05, 3.63) is 83.4 Å². The number of hydrogen-bond acceptors (Lipinski definition) is 5. The summed E-state index contributed by atoms with van der Waals surface area (Å²) in [5, 5.41) is 6.46. The smallest absolute Gasteiger partial charge is 0.221 e. The molecular formula is C32H39N3O3. The highest BCUT2D eigenvalue weighted by Gasteiger charge is 2.28. The number of benzene rings is 3. The van der Waals surface area contributed by atoms with Crippen LogP contribution in [0, 0.1) is 0 Å². The summed E-state index contributed by atoms with van der Waals surface area (Å²) in [5.41, 5.74) is 5.93. The SMILES string of the molecule is COc1ccc2c(c1)CCN(c1ccc(NC(C)=O)cc1)C2Cc1ccc(OCCC2CCCCN2)cc1. The Bertz CT molecular complexity index is 1200. The Balaban J connectivity index is 1.31. The summed E-state index contributed by atoms with van der Waals surface area (Å²) < 4.78 is 11.6. The molecule has 2 unspecified atom stereocenters. The average molecular weight is 514 g/mol. The molecule has 2 aliphatic heterocycles. The molecule has 0 saturated carbocycles. The monoisotopic (exact) mass is 513 g/mol. The average Bonchev–Trinajstić information content (AvgIpc) is 2.94. The third kappa shape index (κ3) is 6.48. The first-order valence-corrected chi connectivity index (χ1v) is 13.9. The van der Waals surface area contributed by atoms with E-state index in [1.54, 1.807) is 7.11 Å². The first-order valence-electron chi connectivity index (χ1n) is 13.9. The van der Waals surface area contributed by atoms with Crippen LogP contribution in [0.4, 0.5) is 11.4 Å². The molecular weight excluding hydrogens is 474 g/mol. The van der Waals surface area contributed by atoms with Crippen LogP contribution in [0.15, 0.2) is 66.7 Å². The molecule has 1 saturated heterocycles. The first-order chi connectivity index (χ1) is 18.6. The van der Waals surface area contributed by atoms with E-state index >= 15 is 0 Å². The van der Waals surface area contributed by atoms with Crippen molar-refractivity contribution >= 4 is 17.3 Å². The molecule has 3 aromatic rings. The third-order valence-corrected chi connectivity index (χ3v) is 7.73. The third-order valence-electron chi connectivity index (χ3n) is 7.73. The van der Waals surface area contributed by atoms with Gasteiger partial charge in [0.15, 0.2) is 0 Å². The van der Waals surface area contributed by atoms with E-state index in [1.165, 1.54) is 42.9 Å². The molecule has 200 valence electrons. The van der Waals surface area contributed by atoms with Gasteiger partial charge in [-0.1, -0.05) is 24.6 Å². The summed E-state index contributed by atoms with van der Waals surface area (Å²) in [5.74, 6) is 1.78. The molecule has 0 bridgehead atoms. The molecule has 0 aromatic heterocycles. The number of methoxy groups -OCH3 is 1. The standard InChI is InChI=1S/C32H39N3O3/c1-23(36)34-27-8-10-28(11-9-27)35-19-16-25-22-30(37-2)14-15-31(25)32(35)21-24-6-12-29(13-7-24)38-20-17-26-5-3-4-18-33-26/h6-15,22,26,32-33H,3-5,16-21H2,1-2H3,(H,34,36). The van der Waals surface area contributed by atoms with E-state index in [9.17, 15) is 4.79 Å². The second kappa shape index (κ2) is 12.4. The van der Waals surface area contributed by atoms with Gasteiger partial charge in [0.2, 0.25) is 5.91 Å². The minimum atomic E-state index is -0.0606. The summed E-state index contributed by atoms with van der Waals surface area (Å²) in [6, 6.07) is 24.0. The molecule has 2 N–H and O–H groups in total. The first kappa shape index (κ1) is 26.1. The van der Waals surface area contributed by atoms with Crippen molar-refractivity contribution in [2.24, 2.45) is 0 Å². The number of nitrogens with one attached hydrogen (secondary N) is 2. The van der Waals surface area contributed by atoms with Crippen LogP contribution in [-0.4, -0.2) is 38.8 Å². The zero-order valence-corrected chi connectivity index (χ0v) is 22.5. The Hall–Kier alpha value is -3.51. The molecule has 38 heavy (non-hydrogen) atoms. The van der Waals surface area contributed by atoms with Crippen LogP contribution in [-0.2, 0) is 17.6 Å². The maximum Gasteiger partial charge on any atom is 0.221 e. The summed E-state index contributed by atoms with van der Waals surface area (Å²) in [7, 11) is 1.72. The van der Waals surface area contributed by atoms with Crippen molar-refractivity contribution in [1.82, 2.24) is 5.32 Å². The van der Waals surface area contributed by atoms with E-state index < -0.39 is 0 Å². The van der Waals surface area contributed by atoms with Gasteiger partial charge in [0.1, 0.15) is 11.5 Å². The number of amides is 1. The second-order valence-electron chi connectivity index (χ2n) is 10.4. The van der Waals surface area contributed by atoms with Gasteiger partial charge in [-0.25, -0.2) is 0 Å². The summed E-state index contributed by atoms with van der Waals surface area (Å²) in [6.07, 6.45) is 6.76. The van der Waals surface area contributed by atoms with Crippen LogP contribution < -0.4 is 25.0 Å². The minimum absolute atomic E-state index is 0.0606. The highest BCUT2D eigenvalue weighted by Crippen LogP contribution is 2.38. The highest BCUT2D eigenvalue weighted by molar-refractivity contribution is 5.88. The molecule has 2 heterocycles. The zero-order valence-electron chi connectivity index (χ0n) is 22.5. The number of ether oxygens (including phenoxy) is 2. The fourth-order valence-corrected chi connectivity index (χ4v) is 5.72. The molecule has 6 nitrogen and oxygen atoms in total. The lowest BCUT2D eigenvalue weighted by Crippen LogP contribution is -2.36. The second-order valence-corrected chi connectivity index (χ2v) is 10.4. The number of anilines is 2. The molecule has 5 rings (SSSR count). The number of carbonyl (C=O) groups excluding carboxylic acids is 1. The van der Waals surface area contributed by atoms with Crippen LogP contribution in [0.1, 0.15) is 55.3 Å². The normalized spacial score (nSPS) is 18.9. The van der Waals surface area contributed by atoms with Gasteiger partial charge in [0, 0.05) is 30.9 Å². The van der Waals surface area contributed by atoms with Crippen molar-refractivity contribution in [1.29, 1.82) is 0 Å². The van der Waals surface area contributed by atoms with E-state index in [0.717, 1.165) is 61.8 Å². The number of hydrogen-bond donors (Lipinski definition) is 2. The van der Waals surface area contributed by atoms with E-state index in [-0.39, 0.29) is 11.9 Å². The van der Waals surface area contributed by atoms with E-state index in [1.807, 2.05) is 12.1 Å². The highest BCUT2D eigenvalue weighted by atomic mass is 16.5. The number of nitrogens with zero attached hydrogens (tertiary/aromatic N) is 1. The summed E-state index contributed by atoms with van der Waals surface area (Å²) in [4.78, 5) is 13.9. The molecule has 1 amide bonds. The molecule has 6 heteroatoms. The summed E-state index contributed by atoms with van der Waals surface area (Å²) in [6.45, 7) is 4.33. The van der Waals surface area contributed by atoms with Gasteiger partial charge in [0.05, 0.1) is 19.8 Å². The Morgan fingerprint density at radius 1 is 1.03 bits per heavy atom. The molecule has 0 aliphatic carbocycles. The van der Waals surface area contributed by atoms with Gasteiger partial charge in [-0.15, -0.1) is 0 Å². The molecule has 3 aromatic carbocycles. The molecule has 1 fully saturated rings. The van der Waals surface area contributed by atoms with Crippen molar-refractivity contribution in [2.45, 2.75) is 57.5 Å². The predicted molar refractivity (Wildman–Crippen MR) is 153 cm³/mol. The van der Waals surface area contributed by atoms with Crippen LogP contribution in [0.2, 0.25) is 0 Å².